The quantitative estimate of drug-likeness (QED) is 0.225. The van der Waals surface area contributed by atoms with Gasteiger partial charge in [-0.1, -0.05) is 48.2 Å². The van der Waals surface area contributed by atoms with Crippen LogP contribution < -0.4 is 15.4 Å². The molecule has 3 aromatic carbocycles. The molecule has 2 amide bonds. The number of nitrogens with one attached hydrogen (secondary N) is 2. The molecule has 8 nitrogen and oxygen atoms in total. The Kier molecular flexibility index (Phi) is 7.63. The average Bonchev–Trinajstić information content (AvgIpc) is 3.18. The molecule has 35 heavy (non-hydrogen) atoms. The number of rotatable bonds is 7. The van der Waals surface area contributed by atoms with Gasteiger partial charge in [-0.25, -0.2) is 9.18 Å². The van der Waals surface area contributed by atoms with Crippen molar-refractivity contribution in [2.24, 2.45) is 10.2 Å². The van der Waals surface area contributed by atoms with Gasteiger partial charge in [-0.2, -0.15) is 5.10 Å². The highest BCUT2D eigenvalue weighted by molar-refractivity contribution is 8.15. The van der Waals surface area contributed by atoms with Gasteiger partial charge >= 0.3 is 5.97 Å². The highest BCUT2D eigenvalue weighted by Crippen LogP contribution is 2.23. The molecular weight excluding hydrogens is 471 g/mol. The fourth-order valence-corrected chi connectivity index (χ4v) is 4.00. The molecule has 0 bridgehead atoms. The Bertz CT molecular complexity index is 1310. The molecule has 3 aromatic rings. The number of carbonyl (C=O) groups excluding carboxylic acids is 3. The summed E-state index contributed by atoms with van der Waals surface area (Å²) in [5.74, 6) is -1.57. The fourth-order valence-electron chi connectivity index (χ4n) is 3.08. The third-order valence-electron chi connectivity index (χ3n) is 4.69. The van der Waals surface area contributed by atoms with Crippen LogP contribution in [0.15, 0.2) is 89.1 Å². The molecule has 1 fully saturated rings. The van der Waals surface area contributed by atoms with Crippen molar-refractivity contribution in [1.29, 1.82) is 0 Å². The highest BCUT2D eigenvalue weighted by atomic mass is 32.2. The van der Waals surface area contributed by atoms with E-state index in [-0.39, 0.29) is 34.7 Å². The summed E-state index contributed by atoms with van der Waals surface area (Å²) in [6.45, 7) is 0. The van der Waals surface area contributed by atoms with E-state index in [1.165, 1.54) is 24.4 Å². The minimum absolute atomic E-state index is 0.00709. The lowest BCUT2D eigenvalue weighted by atomic mass is 10.2. The van der Waals surface area contributed by atoms with Crippen LogP contribution in [0.25, 0.3) is 0 Å². The highest BCUT2D eigenvalue weighted by Gasteiger charge is 2.32. The number of para-hydroxylation sites is 1. The molecular formula is C25H19FN4O4S. The number of anilines is 1. The minimum Gasteiger partial charge on any atom is -0.423 e. The molecule has 1 heterocycles. The lowest BCUT2D eigenvalue weighted by Crippen LogP contribution is -2.28. The van der Waals surface area contributed by atoms with E-state index in [4.69, 9.17) is 4.74 Å². The summed E-state index contributed by atoms with van der Waals surface area (Å²) in [6.07, 6.45) is 1.42. The molecule has 0 aliphatic carbocycles. The van der Waals surface area contributed by atoms with Crippen molar-refractivity contribution >= 4 is 46.6 Å². The summed E-state index contributed by atoms with van der Waals surface area (Å²) in [5.41, 5.74) is 1.34. The van der Waals surface area contributed by atoms with Crippen LogP contribution >= 0.6 is 11.8 Å². The standard InChI is InChI=1S/C25H19FN4O4S/c26-18-8-5-7-17(13-18)24(33)34-20-11-4-6-16(12-20)15-27-30-25-29-23(32)21(35-25)14-22(31)28-19-9-2-1-3-10-19/h1-13,15,21H,14H2,(H,28,31)(H,29,30,32)/b27-15-/t21-/m0/s1. The Balaban J connectivity index is 1.32. The van der Waals surface area contributed by atoms with Gasteiger partial charge in [0.25, 0.3) is 0 Å². The third kappa shape index (κ3) is 6.84. The number of hydrogen-bond donors (Lipinski definition) is 2. The van der Waals surface area contributed by atoms with Crippen LogP contribution in [0.5, 0.6) is 5.75 Å². The van der Waals surface area contributed by atoms with Gasteiger partial charge < -0.3 is 15.4 Å². The molecule has 1 aliphatic rings. The van der Waals surface area contributed by atoms with E-state index in [0.717, 1.165) is 17.8 Å². The van der Waals surface area contributed by atoms with Gasteiger partial charge in [0.2, 0.25) is 11.8 Å². The summed E-state index contributed by atoms with van der Waals surface area (Å²) in [5, 5.41) is 13.0. The number of carbonyl (C=O) groups is 3. The van der Waals surface area contributed by atoms with E-state index in [9.17, 15) is 18.8 Å². The van der Waals surface area contributed by atoms with Crippen LogP contribution in [-0.2, 0) is 9.59 Å². The molecule has 4 rings (SSSR count). The Morgan fingerprint density at radius 1 is 1.06 bits per heavy atom. The third-order valence-corrected chi connectivity index (χ3v) is 5.76. The second kappa shape index (κ2) is 11.2. The van der Waals surface area contributed by atoms with Crippen molar-refractivity contribution in [3.8, 4) is 5.75 Å². The topological polar surface area (TPSA) is 109 Å². The Hall–Kier alpha value is -4.31. The van der Waals surface area contributed by atoms with E-state index in [0.29, 0.717) is 11.3 Å². The molecule has 10 heteroatoms. The first-order valence-corrected chi connectivity index (χ1v) is 11.4. The maximum Gasteiger partial charge on any atom is 0.343 e. The molecule has 0 saturated carbocycles. The first-order valence-electron chi connectivity index (χ1n) is 10.5. The smallest absolute Gasteiger partial charge is 0.343 e. The number of ether oxygens (including phenoxy) is 1. The number of hydrogen-bond acceptors (Lipinski definition) is 7. The fraction of sp³-hybridized carbons (Fsp3) is 0.0800. The first kappa shape index (κ1) is 23.8. The van der Waals surface area contributed by atoms with Crippen molar-refractivity contribution in [1.82, 2.24) is 5.32 Å². The average molecular weight is 491 g/mol. The number of nitrogens with zero attached hydrogens (tertiary/aromatic N) is 2. The largest absolute Gasteiger partial charge is 0.423 e. The number of thioether (sulfide) groups is 1. The predicted molar refractivity (Wildman–Crippen MR) is 132 cm³/mol. The van der Waals surface area contributed by atoms with Gasteiger partial charge in [0.15, 0.2) is 5.17 Å². The van der Waals surface area contributed by atoms with Crippen molar-refractivity contribution in [3.63, 3.8) is 0 Å². The van der Waals surface area contributed by atoms with Gasteiger partial charge in [0.1, 0.15) is 16.8 Å². The number of amides is 2. The Labute approximate surface area is 204 Å². The maximum atomic E-state index is 13.3. The molecule has 0 unspecified atom stereocenters. The van der Waals surface area contributed by atoms with Crippen molar-refractivity contribution < 1.29 is 23.5 Å². The monoisotopic (exact) mass is 490 g/mol. The summed E-state index contributed by atoms with van der Waals surface area (Å²) in [7, 11) is 0. The SMILES string of the molecule is O=C(C[C@@H]1S/C(=N\N=C/c2cccc(OC(=O)c3cccc(F)c3)c2)NC1=O)Nc1ccccc1. The van der Waals surface area contributed by atoms with E-state index in [1.807, 2.05) is 6.07 Å². The van der Waals surface area contributed by atoms with Crippen LogP contribution in [0.2, 0.25) is 0 Å². The van der Waals surface area contributed by atoms with Crippen LogP contribution in [0.3, 0.4) is 0 Å². The number of amidine groups is 1. The van der Waals surface area contributed by atoms with Gasteiger partial charge in [-0.05, 0) is 48.0 Å². The van der Waals surface area contributed by atoms with Crippen molar-refractivity contribution in [2.45, 2.75) is 11.7 Å². The van der Waals surface area contributed by atoms with E-state index < -0.39 is 17.0 Å². The second-order valence-corrected chi connectivity index (χ2v) is 8.53. The van der Waals surface area contributed by atoms with Crippen LogP contribution in [0, 0.1) is 5.82 Å². The van der Waals surface area contributed by atoms with Crippen LogP contribution in [0.4, 0.5) is 10.1 Å². The molecule has 1 saturated heterocycles. The lowest BCUT2D eigenvalue weighted by molar-refractivity contribution is -0.122. The molecule has 176 valence electrons. The number of esters is 1. The van der Waals surface area contributed by atoms with Crippen molar-refractivity contribution in [3.05, 3.63) is 95.8 Å². The van der Waals surface area contributed by atoms with Gasteiger partial charge in [0.05, 0.1) is 11.8 Å². The molecule has 0 spiro atoms. The second-order valence-electron chi connectivity index (χ2n) is 7.34. The van der Waals surface area contributed by atoms with Gasteiger partial charge in [0, 0.05) is 12.1 Å². The first-order chi connectivity index (χ1) is 17.0. The summed E-state index contributed by atoms with van der Waals surface area (Å²) in [6, 6.07) is 20.7. The summed E-state index contributed by atoms with van der Waals surface area (Å²) in [4.78, 5) is 36.6. The van der Waals surface area contributed by atoms with E-state index in [1.54, 1.807) is 48.5 Å². The van der Waals surface area contributed by atoms with Gasteiger partial charge in [-0.15, -0.1) is 5.10 Å². The predicted octanol–water partition coefficient (Wildman–Crippen LogP) is 4.00. The summed E-state index contributed by atoms with van der Waals surface area (Å²) >= 11 is 1.12. The zero-order chi connectivity index (χ0) is 24.6. The van der Waals surface area contributed by atoms with E-state index >= 15 is 0 Å². The molecule has 0 radical (unpaired) electrons. The molecule has 0 aromatic heterocycles. The number of halogens is 1. The van der Waals surface area contributed by atoms with Crippen molar-refractivity contribution in [2.75, 3.05) is 5.32 Å². The lowest BCUT2D eigenvalue weighted by Gasteiger charge is -2.06. The van der Waals surface area contributed by atoms with Crippen LogP contribution in [0.1, 0.15) is 22.3 Å². The zero-order valence-corrected chi connectivity index (χ0v) is 19.0. The molecule has 2 N–H and O–H groups in total. The normalized spacial score (nSPS) is 16.3. The Morgan fingerprint density at radius 2 is 1.86 bits per heavy atom. The minimum atomic E-state index is -0.689. The molecule has 1 atom stereocenters. The van der Waals surface area contributed by atoms with Crippen LogP contribution in [-0.4, -0.2) is 34.4 Å². The molecule has 1 aliphatic heterocycles. The zero-order valence-electron chi connectivity index (χ0n) is 18.2. The van der Waals surface area contributed by atoms with Gasteiger partial charge in [-0.3, -0.25) is 9.59 Å². The Morgan fingerprint density at radius 3 is 2.66 bits per heavy atom. The number of benzene rings is 3. The summed E-state index contributed by atoms with van der Waals surface area (Å²) < 4.78 is 18.6. The van der Waals surface area contributed by atoms with E-state index in [2.05, 4.69) is 20.8 Å². The maximum absolute atomic E-state index is 13.3.